The number of hydrogen-bond acceptors (Lipinski definition) is 1. The zero-order valence-electron chi connectivity index (χ0n) is 8.63. The predicted molar refractivity (Wildman–Crippen MR) is 60.9 cm³/mol. The van der Waals surface area contributed by atoms with Crippen molar-refractivity contribution in [3.63, 3.8) is 0 Å². The van der Waals surface area contributed by atoms with Crippen molar-refractivity contribution in [2.24, 2.45) is 0 Å². The Morgan fingerprint density at radius 2 is 2.07 bits per heavy atom. The van der Waals surface area contributed by atoms with Crippen LogP contribution in [0.2, 0.25) is 5.02 Å². The molecule has 0 aromatic heterocycles. The van der Waals surface area contributed by atoms with E-state index >= 15 is 0 Å². The van der Waals surface area contributed by atoms with Gasteiger partial charge in [-0.2, -0.15) is 0 Å². The topological polar surface area (TPSA) is 9.23 Å². The quantitative estimate of drug-likeness (QED) is 0.654. The van der Waals surface area contributed by atoms with Crippen LogP contribution in [0.3, 0.4) is 0 Å². The van der Waals surface area contributed by atoms with Crippen molar-refractivity contribution in [2.45, 2.75) is 25.7 Å². The van der Waals surface area contributed by atoms with Crippen molar-refractivity contribution >= 4 is 11.6 Å². The fraction of sp³-hybridized carbons (Fsp3) is 0.500. The molecule has 1 aromatic carbocycles. The highest BCUT2D eigenvalue weighted by Gasteiger charge is 1.94. The highest BCUT2D eigenvalue weighted by atomic mass is 35.5. The van der Waals surface area contributed by atoms with Gasteiger partial charge in [-0.05, 0) is 37.0 Å². The maximum atomic E-state index is 5.89. The number of benzene rings is 1. The molecule has 0 N–H and O–H groups in total. The molecule has 0 fully saturated rings. The van der Waals surface area contributed by atoms with Gasteiger partial charge in [0.05, 0.1) is 0 Å². The second-order valence-electron chi connectivity index (χ2n) is 3.43. The minimum absolute atomic E-state index is 0.833. The average molecular weight is 213 g/mol. The van der Waals surface area contributed by atoms with Crippen LogP contribution in [-0.2, 0) is 11.2 Å². The van der Waals surface area contributed by atoms with Crippen LogP contribution in [0.4, 0.5) is 0 Å². The van der Waals surface area contributed by atoms with Crippen LogP contribution in [0, 0.1) is 0 Å². The molecule has 14 heavy (non-hydrogen) atoms. The summed E-state index contributed by atoms with van der Waals surface area (Å²) >= 11 is 5.89. The Bertz CT molecular complexity index is 260. The van der Waals surface area contributed by atoms with Gasteiger partial charge in [0.1, 0.15) is 0 Å². The third kappa shape index (κ3) is 4.64. The molecule has 0 radical (unpaired) electrons. The number of methoxy groups -OCH3 is 1. The summed E-state index contributed by atoms with van der Waals surface area (Å²) in [5.41, 5.74) is 1.33. The maximum absolute atomic E-state index is 5.89. The molecule has 1 rings (SSSR count). The molecule has 0 unspecified atom stereocenters. The van der Waals surface area contributed by atoms with Crippen LogP contribution in [0.15, 0.2) is 24.3 Å². The first-order valence-corrected chi connectivity index (χ1v) is 5.44. The van der Waals surface area contributed by atoms with Crippen LogP contribution < -0.4 is 0 Å². The van der Waals surface area contributed by atoms with Gasteiger partial charge in [-0.25, -0.2) is 0 Å². The SMILES string of the molecule is COCCCCCc1cccc(Cl)c1. The number of ether oxygens (including phenoxy) is 1. The summed E-state index contributed by atoms with van der Waals surface area (Å²) in [7, 11) is 1.75. The highest BCUT2D eigenvalue weighted by molar-refractivity contribution is 6.30. The van der Waals surface area contributed by atoms with E-state index in [4.69, 9.17) is 16.3 Å². The van der Waals surface area contributed by atoms with Gasteiger partial charge in [-0.1, -0.05) is 30.2 Å². The van der Waals surface area contributed by atoms with Crippen LogP contribution in [0.5, 0.6) is 0 Å². The Hall–Kier alpha value is -0.530. The van der Waals surface area contributed by atoms with Crippen molar-refractivity contribution in [1.82, 2.24) is 0 Å². The van der Waals surface area contributed by atoms with Crippen molar-refractivity contribution in [3.05, 3.63) is 34.9 Å². The number of hydrogen-bond donors (Lipinski definition) is 0. The van der Waals surface area contributed by atoms with Gasteiger partial charge in [-0.15, -0.1) is 0 Å². The molecule has 0 aliphatic rings. The molecule has 78 valence electrons. The smallest absolute Gasteiger partial charge is 0.0462 e. The van der Waals surface area contributed by atoms with Crippen molar-refractivity contribution in [1.29, 1.82) is 0 Å². The molecule has 0 aliphatic heterocycles. The fourth-order valence-corrected chi connectivity index (χ4v) is 1.66. The predicted octanol–water partition coefficient (Wildman–Crippen LogP) is 3.70. The average Bonchev–Trinajstić information content (AvgIpc) is 2.18. The van der Waals surface area contributed by atoms with E-state index in [1.807, 2.05) is 18.2 Å². The van der Waals surface area contributed by atoms with Gasteiger partial charge in [-0.3, -0.25) is 0 Å². The Kier molecular flexibility index (Phi) is 5.65. The zero-order chi connectivity index (χ0) is 10.2. The molecule has 0 heterocycles. The summed E-state index contributed by atoms with van der Waals surface area (Å²) in [6.45, 7) is 0.871. The van der Waals surface area contributed by atoms with Gasteiger partial charge in [0.2, 0.25) is 0 Å². The third-order valence-electron chi connectivity index (χ3n) is 2.20. The molecule has 0 aliphatic carbocycles. The van der Waals surface area contributed by atoms with Crippen LogP contribution in [0.25, 0.3) is 0 Å². The van der Waals surface area contributed by atoms with E-state index in [1.54, 1.807) is 7.11 Å². The van der Waals surface area contributed by atoms with Crippen LogP contribution in [0.1, 0.15) is 24.8 Å². The minimum Gasteiger partial charge on any atom is -0.385 e. The molecule has 2 heteroatoms. The van der Waals surface area contributed by atoms with E-state index in [2.05, 4.69) is 6.07 Å². The first-order valence-electron chi connectivity index (χ1n) is 5.06. The van der Waals surface area contributed by atoms with Crippen molar-refractivity contribution < 1.29 is 4.74 Å². The standard InChI is InChI=1S/C12H17ClO/c1-14-9-4-2-3-6-11-7-5-8-12(13)10-11/h5,7-8,10H,2-4,6,9H2,1H3. The zero-order valence-corrected chi connectivity index (χ0v) is 9.39. The molecule has 1 aromatic rings. The van der Waals surface area contributed by atoms with E-state index in [0.29, 0.717) is 0 Å². The Morgan fingerprint density at radius 3 is 2.79 bits per heavy atom. The molecule has 0 saturated heterocycles. The molecular weight excluding hydrogens is 196 g/mol. The van der Waals surface area contributed by atoms with Gasteiger partial charge in [0, 0.05) is 18.7 Å². The number of aryl methyl sites for hydroxylation is 1. The second-order valence-corrected chi connectivity index (χ2v) is 3.87. The lowest BCUT2D eigenvalue weighted by atomic mass is 10.1. The van der Waals surface area contributed by atoms with E-state index < -0.39 is 0 Å². The van der Waals surface area contributed by atoms with Gasteiger partial charge < -0.3 is 4.74 Å². The molecule has 1 nitrogen and oxygen atoms in total. The van der Waals surface area contributed by atoms with Gasteiger partial charge in [0.25, 0.3) is 0 Å². The molecule has 0 bridgehead atoms. The number of halogens is 1. The Morgan fingerprint density at radius 1 is 1.21 bits per heavy atom. The van der Waals surface area contributed by atoms with Gasteiger partial charge >= 0.3 is 0 Å². The maximum Gasteiger partial charge on any atom is 0.0462 e. The second kappa shape index (κ2) is 6.86. The third-order valence-corrected chi connectivity index (χ3v) is 2.44. The Labute approximate surface area is 91.0 Å². The Balaban J connectivity index is 2.18. The molecule has 0 saturated carbocycles. The normalized spacial score (nSPS) is 10.4. The highest BCUT2D eigenvalue weighted by Crippen LogP contribution is 2.13. The van der Waals surface area contributed by atoms with Crippen molar-refractivity contribution in [2.75, 3.05) is 13.7 Å². The van der Waals surface area contributed by atoms with Gasteiger partial charge in [0.15, 0.2) is 0 Å². The number of unbranched alkanes of at least 4 members (excludes halogenated alkanes) is 2. The lowest BCUT2D eigenvalue weighted by Gasteiger charge is -2.01. The van der Waals surface area contributed by atoms with E-state index in [1.165, 1.54) is 18.4 Å². The number of rotatable bonds is 6. The summed E-state index contributed by atoms with van der Waals surface area (Å²) in [6.07, 6.45) is 4.70. The molecule has 0 atom stereocenters. The summed E-state index contributed by atoms with van der Waals surface area (Å²) in [4.78, 5) is 0. The fourth-order valence-electron chi connectivity index (χ4n) is 1.44. The van der Waals surface area contributed by atoms with Crippen LogP contribution >= 0.6 is 11.6 Å². The summed E-state index contributed by atoms with van der Waals surface area (Å²) in [5, 5.41) is 0.833. The van der Waals surface area contributed by atoms with E-state index in [0.717, 1.165) is 24.5 Å². The van der Waals surface area contributed by atoms with Crippen molar-refractivity contribution in [3.8, 4) is 0 Å². The van der Waals surface area contributed by atoms with Crippen LogP contribution in [-0.4, -0.2) is 13.7 Å². The van der Waals surface area contributed by atoms with E-state index in [-0.39, 0.29) is 0 Å². The lowest BCUT2D eigenvalue weighted by Crippen LogP contribution is -1.90. The monoisotopic (exact) mass is 212 g/mol. The largest absolute Gasteiger partial charge is 0.385 e. The summed E-state index contributed by atoms with van der Waals surface area (Å²) in [6, 6.07) is 8.09. The first-order chi connectivity index (χ1) is 6.83. The first kappa shape index (κ1) is 11.5. The summed E-state index contributed by atoms with van der Waals surface area (Å²) < 4.78 is 4.99. The van der Waals surface area contributed by atoms with E-state index in [9.17, 15) is 0 Å². The molecule has 0 spiro atoms. The minimum atomic E-state index is 0.833. The molecule has 0 amide bonds. The molecular formula is C12H17ClO. The summed E-state index contributed by atoms with van der Waals surface area (Å²) in [5.74, 6) is 0. The lowest BCUT2D eigenvalue weighted by molar-refractivity contribution is 0.192.